The van der Waals surface area contributed by atoms with Crippen LogP contribution in [0.5, 0.6) is 5.75 Å². The van der Waals surface area contributed by atoms with Gasteiger partial charge in [-0.2, -0.15) is 0 Å². The lowest BCUT2D eigenvalue weighted by atomic mass is 10.1. The van der Waals surface area contributed by atoms with Gasteiger partial charge in [0.1, 0.15) is 6.10 Å². The number of aromatic nitrogens is 2. The van der Waals surface area contributed by atoms with E-state index in [1.807, 2.05) is 38.1 Å². The Bertz CT molecular complexity index is 684. The van der Waals surface area contributed by atoms with Crippen molar-refractivity contribution in [2.24, 2.45) is 0 Å². The van der Waals surface area contributed by atoms with Gasteiger partial charge in [-0.05, 0) is 25.3 Å². The van der Waals surface area contributed by atoms with E-state index >= 15 is 0 Å². The molecule has 1 heterocycles. The first-order valence-electron chi connectivity index (χ1n) is 9.86. The third kappa shape index (κ3) is 7.37. The summed E-state index contributed by atoms with van der Waals surface area (Å²) in [5.41, 5.74) is 2.07. The largest absolute Gasteiger partial charge is 0.490 e. The van der Waals surface area contributed by atoms with Crippen LogP contribution in [0.25, 0.3) is 11.4 Å². The Hall–Kier alpha value is -2.43. The van der Waals surface area contributed by atoms with Crippen LogP contribution >= 0.6 is 0 Å². The zero-order valence-electron chi connectivity index (χ0n) is 16.6. The van der Waals surface area contributed by atoms with Crippen molar-refractivity contribution in [3.05, 3.63) is 42.2 Å². The summed E-state index contributed by atoms with van der Waals surface area (Å²) >= 11 is 0. The molecule has 146 valence electrons. The van der Waals surface area contributed by atoms with E-state index in [9.17, 15) is 4.79 Å². The van der Waals surface area contributed by atoms with Gasteiger partial charge in [-0.15, -0.1) is 0 Å². The van der Waals surface area contributed by atoms with Crippen LogP contribution < -0.4 is 4.74 Å². The number of esters is 1. The quantitative estimate of drug-likeness (QED) is 0.412. The van der Waals surface area contributed by atoms with Gasteiger partial charge >= 0.3 is 5.97 Å². The fourth-order valence-corrected chi connectivity index (χ4v) is 2.73. The molecule has 0 aliphatic heterocycles. The van der Waals surface area contributed by atoms with Crippen LogP contribution in [-0.2, 0) is 16.0 Å². The van der Waals surface area contributed by atoms with Crippen molar-refractivity contribution in [3.63, 3.8) is 0 Å². The van der Waals surface area contributed by atoms with Gasteiger partial charge in [-0.3, -0.25) is 4.79 Å². The summed E-state index contributed by atoms with van der Waals surface area (Å²) < 4.78 is 11.0. The third-order valence-corrected chi connectivity index (χ3v) is 4.17. The molecule has 0 aliphatic carbocycles. The Kier molecular flexibility index (Phi) is 8.75. The van der Waals surface area contributed by atoms with Gasteiger partial charge in [0.05, 0.1) is 19.0 Å². The Labute approximate surface area is 162 Å². The highest BCUT2D eigenvalue weighted by Crippen LogP contribution is 2.18. The van der Waals surface area contributed by atoms with Crippen LogP contribution in [0.15, 0.2) is 36.7 Å². The second kappa shape index (κ2) is 11.3. The Morgan fingerprint density at radius 1 is 1.04 bits per heavy atom. The number of hydrogen-bond acceptors (Lipinski definition) is 5. The molecule has 2 rings (SSSR count). The number of benzene rings is 1. The van der Waals surface area contributed by atoms with E-state index < -0.39 is 0 Å². The van der Waals surface area contributed by atoms with Crippen LogP contribution in [0.4, 0.5) is 0 Å². The predicted octanol–water partition coefficient (Wildman–Crippen LogP) is 4.99. The monoisotopic (exact) mass is 370 g/mol. The molecule has 1 aromatic carbocycles. The minimum Gasteiger partial charge on any atom is -0.490 e. The van der Waals surface area contributed by atoms with E-state index in [-0.39, 0.29) is 12.1 Å². The van der Waals surface area contributed by atoms with Crippen molar-refractivity contribution in [3.8, 4) is 17.1 Å². The molecule has 1 atom stereocenters. The summed E-state index contributed by atoms with van der Waals surface area (Å²) in [4.78, 5) is 20.3. The lowest BCUT2D eigenvalue weighted by Gasteiger charge is -2.13. The number of unbranched alkanes of at least 4 members (excludes halogenated alkanes) is 2. The van der Waals surface area contributed by atoms with Gasteiger partial charge in [0.25, 0.3) is 0 Å². The molecular formula is C22H30N2O3. The van der Waals surface area contributed by atoms with Gasteiger partial charge in [0.15, 0.2) is 11.6 Å². The average molecular weight is 370 g/mol. The molecule has 1 aromatic heterocycles. The molecule has 0 saturated heterocycles. The molecule has 0 bridgehead atoms. The number of carbonyl (C=O) groups is 1. The van der Waals surface area contributed by atoms with Crippen molar-refractivity contribution >= 4 is 5.97 Å². The lowest BCUT2D eigenvalue weighted by molar-refractivity contribution is -0.148. The third-order valence-electron chi connectivity index (χ3n) is 4.17. The van der Waals surface area contributed by atoms with Crippen LogP contribution in [0, 0.1) is 0 Å². The number of carbonyl (C=O) groups excluding carboxylic acids is 1. The zero-order valence-corrected chi connectivity index (χ0v) is 16.6. The smallest absolute Gasteiger partial charge is 0.306 e. The zero-order chi connectivity index (χ0) is 19.5. The SMILES string of the molecule is CCCCCOc1cnc(-c2ccc(CC(C)OC(=O)CCC)cc2)nc1. The summed E-state index contributed by atoms with van der Waals surface area (Å²) in [6.07, 6.45) is 8.68. The maximum absolute atomic E-state index is 11.6. The predicted molar refractivity (Wildman–Crippen MR) is 107 cm³/mol. The summed E-state index contributed by atoms with van der Waals surface area (Å²) in [6.45, 7) is 6.76. The molecule has 5 heteroatoms. The Balaban J connectivity index is 1.88. The summed E-state index contributed by atoms with van der Waals surface area (Å²) in [5.74, 6) is 1.24. The molecule has 0 N–H and O–H groups in total. The lowest BCUT2D eigenvalue weighted by Crippen LogP contribution is -2.16. The fourth-order valence-electron chi connectivity index (χ4n) is 2.73. The van der Waals surface area contributed by atoms with Gasteiger partial charge in [0.2, 0.25) is 0 Å². The normalized spacial score (nSPS) is 11.8. The molecule has 0 fully saturated rings. The molecule has 0 saturated carbocycles. The van der Waals surface area contributed by atoms with Crippen LogP contribution in [0.3, 0.4) is 0 Å². The van der Waals surface area contributed by atoms with Gasteiger partial charge in [-0.1, -0.05) is 51.0 Å². The highest BCUT2D eigenvalue weighted by Gasteiger charge is 2.10. The molecule has 0 aliphatic rings. The number of rotatable bonds is 11. The van der Waals surface area contributed by atoms with E-state index in [2.05, 4.69) is 16.9 Å². The number of nitrogens with zero attached hydrogens (tertiary/aromatic N) is 2. The highest BCUT2D eigenvalue weighted by molar-refractivity contribution is 5.69. The summed E-state index contributed by atoms with van der Waals surface area (Å²) in [7, 11) is 0. The van der Waals surface area contributed by atoms with E-state index in [4.69, 9.17) is 9.47 Å². The van der Waals surface area contributed by atoms with Crippen LogP contribution in [0.2, 0.25) is 0 Å². The second-order valence-corrected chi connectivity index (χ2v) is 6.75. The molecule has 0 amide bonds. The molecule has 2 aromatic rings. The van der Waals surface area contributed by atoms with Crippen molar-refractivity contribution in [2.75, 3.05) is 6.61 Å². The highest BCUT2D eigenvalue weighted by atomic mass is 16.5. The Morgan fingerprint density at radius 3 is 2.37 bits per heavy atom. The average Bonchev–Trinajstić information content (AvgIpc) is 2.66. The molecule has 5 nitrogen and oxygen atoms in total. The molecule has 0 radical (unpaired) electrons. The first-order valence-corrected chi connectivity index (χ1v) is 9.86. The maximum Gasteiger partial charge on any atom is 0.306 e. The van der Waals surface area contributed by atoms with Gasteiger partial charge in [-0.25, -0.2) is 9.97 Å². The Morgan fingerprint density at radius 2 is 1.74 bits per heavy atom. The minimum absolute atomic E-state index is 0.129. The summed E-state index contributed by atoms with van der Waals surface area (Å²) in [6, 6.07) is 8.04. The maximum atomic E-state index is 11.6. The van der Waals surface area contributed by atoms with Gasteiger partial charge < -0.3 is 9.47 Å². The van der Waals surface area contributed by atoms with E-state index in [0.717, 1.165) is 24.0 Å². The van der Waals surface area contributed by atoms with E-state index in [1.54, 1.807) is 12.4 Å². The molecule has 27 heavy (non-hydrogen) atoms. The van der Waals surface area contributed by atoms with E-state index in [0.29, 0.717) is 31.0 Å². The number of hydrogen-bond donors (Lipinski definition) is 0. The first-order chi connectivity index (χ1) is 13.1. The van der Waals surface area contributed by atoms with Crippen molar-refractivity contribution in [1.82, 2.24) is 9.97 Å². The standard InChI is InChI=1S/C22H30N2O3/c1-4-6-7-13-26-20-15-23-22(24-16-20)19-11-9-18(10-12-19)14-17(3)27-21(25)8-5-2/h9-12,15-17H,4-8,13-14H2,1-3H3. The van der Waals surface area contributed by atoms with Crippen molar-refractivity contribution in [2.45, 2.75) is 65.4 Å². The van der Waals surface area contributed by atoms with Crippen molar-refractivity contribution < 1.29 is 14.3 Å². The van der Waals surface area contributed by atoms with Gasteiger partial charge in [0, 0.05) is 18.4 Å². The van der Waals surface area contributed by atoms with Crippen LogP contribution in [-0.4, -0.2) is 28.6 Å². The van der Waals surface area contributed by atoms with E-state index in [1.165, 1.54) is 12.8 Å². The van der Waals surface area contributed by atoms with Crippen LogP contribution in [0.1, 0.15) is 58.4 Å². The second-order valence-electron chi connectivity index (χ2n) is 6.75. The molecule has 0 spiro atoms. The summed E-state index contributed by atoms with van der Waals surface area (Å²) in [5, 5.41) is 0. The van der Waals surface area contributed by atoms with Crippen molar-refractivity contribution in [1.29, 1.82) is 0 Å². The molecule has 1 unspecified atom stereocenters. The first kappa shape index (κ1) is 20.9. The number of ether oxygens (including phenoxy) is 2. The fraction of sp³-hybridized carbons (Fsp3) is 0.500. The minimum atomic E-state index is -0.132. The molecular weight excluding hydrogens is 340 g/mol. The topological polar surface area (TPSA) is 61.3 Å².